The molecular weight excluding hydrogens is 453 g/mol. The van der Waals surface area contributed by atoms with Gasteiger partial charge in [-0.1, -0.05) is 37.3 Å². The second-order valence-corrected chi connectivity index (χ2v) is 9.21. The topological polar surface area (TPSA) is 51.4 Å². The molecule has 0 saturated carbocycles. The van der Waals surface area contributed by atoms with Crippen LogP contribution in [0.2, 0.25) is 0 Å². The van der Waals surface area contributed by atoms with Crippen LogP contribution in [0.1, 0.15) is 54.3 Å². The summed E-state index contributed by atoms with van der Waals surface area (Å²) in [6.45, 7) is 5.13. The number of hydrogen-bond acceptors (Lipinski definition) is 5. The Hall–Kier alpha value is -3.93. The summed E-state index contributed by atoms with van der Waals surface area (Å²) < 4.78 is 24.9. The zero-order valence-electron chi connectivity index (χ0n) is 20.9. The summed E-state index contributed by atoms with van der Waals surface area (Å²) in [6.07, 6.45) is 6.45. The highest BCUT2D eigenvalue weighted by Crippen LogP contribution is 2.44. The van der Waals surface area contributed by atoms with Crippen LogP contribution in [0.5, 0.6) is 5.75 Å². The molecule has 0 fully saturated rings. The van der Waals surface area contributed by atoms with Gasteiger partial charge in [-0.3, -0.25) is 0 Å². The lowest BCUT2D eigenvalue weighted by Crippen LogP contribution is -2.49. The van der Waals surface area contributed by atoms with Gasteiger partial charge in [0.25, 0.3) is 0 Å². The van der Waals surface area contributed by atoms with Crippen molar-refractivity contribution in [3.63, 3.8) is 0 Å². The van der Waals surface area contributed by atoms with Gasteiger partial charge in [0.2, 0.25) is 11.8 Å². The molecule has 0 amide bonds. The van der Waals surface area contributed by atoms with Crippen molar-refractivity contribution in [3.8, 4) is 5.75 Å². The van der Waals surface area contributed by atoms with Crippen LogP contribution in [0.4, 0.5) is 10.1 Å². The molecule has 1 aliphatic heterocycles. The van der Waals surface area contributed by atoms with Crippen LogP contribution in [-0.4, -0.2) is 23.9 Å². The van der Waals surface area contributed by atoms with Gasteiger partial charge in [-0.15, -0.1) is 10.2 Å². The van der Waals surface area contributed by atoms with Crippen LogP contribution in [0.25, 0.3) is 12.2 Å². The van der Waals surface area contributed by atoms with E-state index in [1.807, 2.05) is 30.4 Å². The predicted octanol–water partition coefficient (Wildman–Crippen LogP) is 6.67. The van der Waals surface area contributed by atoms with Gasteiger partial charge in [-0.2, -0.15) is 0 Å². The van der Waals surface area contributed by atoms with Crippen molar-refractivity contribution in [2.45, 2.75) is 38.6 Å². The maximum absolute atomic E-state index is 13.7. The number of rotatable bonds is 7. The number of hydrogen-bond donors (Lipinski definition) is 0. The van der Waals surface area contributed by atoms with Crippen molar-refractivity contribution in [2.24, 2.45) is 0 Å². The Balaban J connectivity index is 1.50. The highest BCUT2D eigenvalue weighted by molar-refractivity contribution is 5.67. The van der Waals surface area contributed by atoms with E-state index in [9.17, 15) is 4.39 Å². The van der Waals surface area contributed by atoms with Crippen LogP contribution >= 0.6 is 0 Å². The molecule has 0 N–H and O–H groups in total. The Morgan fingerprint density at radius 1 is 1.03 bits per heavy atom. The Morgan fingerprint density at radius 2 is 1.81 bits per heavy atom. The molecule has 1 aromatic heterocycles. The SMILES string of the molecule is CCCc1nnc(/C=C/c2ccc(C3(C)c4ccc(OC)cc4CCN3c3ccc(F)cc3)cc2)o1. The van der Waals surface area contributed by atoms with E-state index < -0.39 is 5.54 Å². The standard InChI is InChI=1S/C30H30FN3O2/c1-4-5-28-32-33-29(36-28)17-8-21-6-9-23(10-7-21)30(2)27-16-15-26(35-3)20-22(27)18-19-34(30)25-13-11-24(31)12-14-25/h6-17,20H,4-5,18-19H2,1-3H3/b17-8+. The highest BCUT2D eigenvalue weighted by atomic mass is 19.1. The summed E-state index contributed by atoms with van der Waals surface area (Å²) >= 11 is 0. The summed E-state index contributed by atoms with van der Waals surface area (Å²) in [6, 6.07) is 21.6. The monoisotopic (exact) mass is 483 g/mol. The van der Waals surface area contributed by atoms with Gasteiger partial charge >= 0.3 is 0 Å². The first-order valence-corrected chi connectivity index (χ1v) is 12.3. The van der Waals surface area contributed by atoms with E-state index in [0.717, 1.165) is 48.4 Å². The summed E-state index contributed by atoms with van der Waals surface area (Å²) in [4.78, 5) is 2.36. The third-order valence-corrected chi connectivity index (χ3v) is 6.96. The van der Waals surface area contributed by atoms with Gasteiger partial charge in [-0.25, -0.2) is 4.39 Å². The number of anilines is 1. The number of benzene rings is 3. The van der Waals surface area contributed by atoms with Crippen LogP contribution in [-0.2, 0) is 18.4 Å². The molecule has 0 aliphatic carbocycles. The van der Waals surface area contributed by atoms with E-state index in [1.54, 1.807) is 7.11 Å². The van der Waals surface area contributed by atoms with Gasteiger partial charge < -0.3 is 14.1 Å². The fourth-order valence-electron chi connectivity index (χ4n) is 5.03. The quantitative estimate of drug-likeness (QED) is 0.294. The third-order valence-electron chi connectivity index (χ3n) is 6.96. The van der Waals surface area contributed by atoms with Crippen molar-refractivity contribution >= 4 is 17.8 Å². The predicted molar refractivity (Wildman–Crippen MR) is 141 cm³/mol. The lowest BCUT2D eigenvalue weighted by molar-refractivity contribution is 0.411. The molecule has 5 rings (SSSR count). The Labute approximate surface area is 211 Å². The first-order chi connectivity index (χ1) is 17.5. The molecule has 1 atom stereocenters. The van der Waals surface area contributed by atoms with E-state index >= 15 is 0 Å². The lowest BCUT2D eigenvalue weighted by Gasteiger charge is -2.48. The van der Waals surface area contributed by atoms with Crippen molar-refractivity contribution in [1.82, 2.24) is 10.2 Å². The number of aryl methyl sites for hydroxylation is 1. The van der Waals surface area contributed by atoms with Crippen LogP contribution in [0, 0.1) is 5.82 Å². The van der Waals surface area contributed by atoms with E-state index in [0.29, 0.717) is 11.8 Å². The number of nitrogens with zero attached hydrogens (tertiary/aromatic N) is 3. The Bertz CT molecular complexity index is 1360. The van der Waals surface area contributed by atoms with E-state index in [4.69, 9.17) is 9.15 Å². The molecule has 6 heteroatoms. The first kappa shape index (κ1) is 23.8. The second kappa shape index (κ2) is 9.97. The summed E-state index contributed by atoms with van der Waals surface area (Å²) in [7, 11) is 1.69. The van der Waals surface area contributed by atoms with E-state index in [2.05, 4.69) is 65.3 Å². The maximum Gasteiger partial charge on any atom is 0.240 e. The first-order valence-electron chi connectivity index (χ1n) is 12.3. The molecule has 0 saturated heterocycles. The largest absolute Gasteiger partial charge is 0.497 e. The molecular formula is C30H30FN3O2. The fraction of sp³-hybridized carbons (Fsp3) is 0.267. The summed E-state index contributed by atoms with van der Waals surface area (Å²) in [5.41, 5.74) is 5.22. The van der Waals surface area contributed by atoms with Gasteiger partial charge in [0.1, 0.15) is 11.6 Å². The molecule has 1 unspecified atom stereocenters. The van der Waals surface area contributed by atoms with E-state index in [-0.39, 0.29) is 5.82 Å². The van der Waals surface area contributed by atoms with Gasteiger partial charge in [-0.05, 0) is 84.5 Å². The number of aromatic nitrogens is 2. The van der Waals surface area contributed by atoms with Crippen molar-refractivity contribution < 1.29 is 13.5 Å². The van der Waals surface area contributed by atoms with Crippen molar-refractivity contribution in [3.05, 3.63) is 107 Å². The molecule has 0 radical (unpaired) electrons. The smallest absolute Gasteiger partial charge is 0.240 e. The third kappa shape index (κ3) is 4.51. The Kier molecular flexibility index (Phi) is 6.59. The fourth-order valence-corrected chi connectivity index (χ4v) is 5.03. The minimum atomic E-state index is -0.443. The summed E-state index contributed by atoms with van der Waals surface area (Å²) in [5.74, 6) is 1.79. The summed E-state index contributed by atoms with van der Waals surface area (Å²) in [5, 5.41) is 8.17. The van der Waals surface area contributed by atoms with Crippen LogP contribution in [0.15, 0.2) is 71.1 Å². The van der Waals surface area contributed by atoms with E-state index in [1.165, 1.54) is 23.3 Å². The van der Waals surface area contributed by atoms with Gasteiger partial charge in [0, 0.05) is 24.7 Å². The minimum Gasteiger partial charge on any atom is -0.497 e. The second-order valence-electron chi connectivity index (χ2n) is 9.21. The molecule has 3 aromatic carbocycles. The van der Waals surface area contributed by atoms with Crippen molar-refractivity contribution in [1.29, 1.82) is 0 Å². The molecule has 0 bridgehead atoms. The van der Waals surface area contributed by atoms with Crippen molar-refractivity contribution in [2.75, 3.05) is 18.6 Å². The normalized spacial score (nSPS) is 17.4. The number of methoxy groups -OCH3 is 1. The van der Waals surface area contributed by atoms with Gasteiger partial charge in [0.05, 0.1) is 12.6 Å². The lowest BCUT2D eigenvalue weighted by atomic mass is 9.76. The van der Waals surface area contributed by atoms with Crippen LogP contribution in [0.3, 0.4) is 0 Å². The number of halogens is 1. The zero-order chi connectivity index (χ0) is 25.1. The van der Waals surface area contributed by atoms with Crippen LogP contribution < -0.4 is 9.64 Å². The molecule has 36 heavy (non-hydrogen) atoms. The highest BCUT2D eigenvalue weighted by Gasteiger charge is 2.40. The van der Waals surface area contributed by atoms with Gasteiger partial charge in [0.15, 0.2) is 0 Å². The Morgan fingerprint density at radius 3 is 2.53 bits per heavy atom. The zero-order valence-corrected chi connectivity index (χ0v) is 20.9. The average Bonchev–Trinajstić information content (AvgIpc) is 3.36. The number of ether oxygens (including phenoxy) is 1. The number of fused-ring (bicyclic) bond motifs is 1. The molecule has 1 aliphatic rings. The molecule has 5 nitrogen and oxygen atoms in total. The molecule has 2 heterocycles. The maximum atomic E-state index is 13.7. The average molecular weight is 484 g/mol. The molecule has 0 spiro atoms. The molecule has 4 aromatic rings. The minimum absolute atomic E-state index is 0.234. The molecule has 184 valence electrons.